The predicted molar refractivity (Wildman–Crippen MR) is 151 cm³/mol. The van der Waals surface area contributed by atoms with E-state index in [1.54, 1.807) is 0 Å². The molecule has 0 radical (unpaired) electrons. The molecule has 3 aliphatic rings. The van der Waals surface area contributed by atoms with Crippen LogP contribution >= 0.6 is 0 Å². The minimum absolute atomic E-state index is 0. The quantitative estimate of drug-likeness (QED) is 0.371. The third kappa shape index (κ3) is 7.07. The fourth-order valence-electron chi connectivity index (χ4n) is 5.11. The molecule has 0 aromatic carbocycles. The van der Waals surface area contributed by atoms with Gasteiger partial charge in [-0.3, -0.25) is 0 Å². The Bertz CT molecular complexity index is 1180. The number of aliphatic carboxylic acids is 1. The number of aryl methyl sites for hydroxylation is 2. The van der Waals surface area contributed by atoms with Gasteiger partial charge in [0.15, 0.2) is 0 Å². The minimum atomic E-state index is -1.14. The Morgan fingerprint density at radius 2 is 1.92 bits per heavy atom. The van der Waals surface area contributed by atoms with Gasteiger partial charge in [-0.25, -0.2) is 24.5 Å². The zero-order valence-electron chi connectivity index (χ0n) is 22.1. The first-order chi connectivity index (χ1) is 18.4. The van der Waals surface area contributed by atoms with Crippen molar-refractivity contribution in [1.82, 2.24) is 20.3 Å². The van der Waals surface area contributed by atoms with E-state index in [0.29, 0.717) is 30.1 Å². The third-order valence-electron chi connectivity index (χ3n) is 7.57. The summed E-state index contributed by atoms with van der Waals surface area (Å²) in [5.74, 6) is 2.73. The first-order valence-electron chi connectivity index (χ1n) is 13.6. The Morgan fingerprint density at radius 3 is 2.64 bits per heavy atom. The van der Waals surface area contributed by atoms with Crippen molar-refractivity contribution in [3.63, 3.8) is 0 Å². The summed E-state index contributed by atoms with van der Waals surface area (Å²) in [5, 5.41) is 18.6. The van der Waals surface area contributed by atoms with Crippen molar-refractivity contribution in [1.29, 1.82) is 0 Å². The van der Waals surface area contributed by atoms with Crippen LogP contribution in [0, 0.1) is 19.8 Å². The number of anilines is 3. The second-order valence-corrected chi connectivity index (χ2v) is 10.6. The van der Waals surface area contributed by atoms with Gasteiger partial charge in [-0.05, 0) is 69.9 Å². The number of carboxylic acids is 1. The molecule has 1 saturated carbocycles. The summed E-state index contributed by atoms with van der Waals surface area (Å²) in [6, 6.07) is 3.26. The molecule has 0 spiro atoms. The maximum Gasteiger partial charge on any atom is 0.407 e. The largest absolute Gasteiger partial charge is 0.480 e. The van der Waals surface area contributed by atoms with Crippen LogP contribution in [0.4, 0.5) is 22.2 Å². The second-order valence-electron chi connectivity index (χ2n) is 10.6. The molecule has 212 valence electrons. The lowest BCUT2D eigenvalue weighted by Gasteiger charge is -2.34. The van der Waals surface area contributed by atoms with Crippen LogP contribution in [0.25, 0.3) is 0 Å². The number of nitrogens with one attached hydrogen (secondary N) is 3. The average molecular weight is 540 g/mol. The summed E-state index contributed by atoms with van der Waals surface area (Å²) in [6.45, 7) is 6.75. The molecule has 11 nitrogen and oxygen atoms in total. The molecule has 4 N–H and O–H groups in total. The highest BCUT2D eigenvalue weighted by Gasteiger charge is 2.27. The Morgan fingerprint density at radius 1 is 1.15 bits per heavy atom. The molecule has 2 aromatic heterocycles. The molecule has 1 saturated heterocycles. The van der Waals surface area contributed by atoms with Crippen LogP contribution in [0.5, 0.6) is 0 Å². The van der Waals surface area contributed by atoms with Gasteiger partial charge in [0.05, 0.1) is 6.61 Å². The first-order valence-corrected chi connectivity index (χ1v) is 13.6. The number of carbonyl (C=O) groups excluding carboxylic acids is 1. The number of carboxylic acid groups (broad SMARTS) is 1. The molecule has 4 heterocycles. The lowest BCUT2D eigenvalue weighted by molar-refractivity contribution is -0.138. The molecule has 1 aliphatic carbocycles. The summed E-state index contributed by atoms with van der Waals surface area (Å²) >= 11 is 0. The Labute approximate surface area is 230 Å². The SMILES string of the molecule is C.Cc1nc(NC[C@H](NC(=O)OCC2CC2)C(=O)O)c(C)c(N2CCC(c3ccc4c(n3)NCCC4)CC2)n1. The normalized spacial score (nSPS) is 17.7. The molecule has 1 amide bonds. The first kappa shape index (κ1) is 28.4. The number of hydrogen-bond acceptors (Lipinski definition) is 9. The number of alkyl carbamates (subject to hydrolysis) is 1. The van der Waals surface area contributed by atoms with E-state index in [-0.39, 0.29) is 14.0 Å². The van der Waals surface area contributed by atoms with E-state index in [2.05, 4.69) is 38.0 Å². The molecule has 2 fully saturated rings. The zero-order chi connectivity index (χ0) is 26.6. The number of ether oxygens (including phenoxy) is 1. The van der Waals surface area contributed by atoms with Gasteiger partial charge in [0.2, 0.25) is 0 Å². The molecule has 5 rings (SSSR count). The number of piperidine rings is 1. The van der Waals surface area contributed by atoms with Gasteiger partial charge < -0.3 is 30.7 Å². The van der Waals surface area contributed by atoms with Crippen LogP contribution in [0.1, 0.15) is 68.1 Å². The lowest BCUT2D eigenvalue weighted by atomic mass is 9.92. The number of pyridine rings is 1. The molecule has 11 heteroatoms. The van der Waals surface area contributed by atoms with E-state index in [1.807, 2.05) is 13.8 Å². The van der Waals surface area contributed by atoms with Gasteiger partial charge in [0.1, 0.15) is 29.3 Å². The molecule has 1 atom stereocenters. The van der Waals surface area contributed by atoms with Crippen LogP contribution in [0.15, 0.2) is 12.1 Å². The highest BCUT2D eigenvalue weighted by molar-refractivity contribution is 5.80. The molecule has 0 unspecified atom stereocenters. The number of nitrogens with zero attached hydrogens (tertiary/aromatic N) is 4. The number of fused-ring (bicyclic) bond motifs is 1. The fourth-order valence-corrected chi connectivity index (χ4v) is 5.11. The van der Waals surface area contributed by atoms with Crippen molar-refractivity contribution in [3.05, 3.63) is 34.8 Å². The van der Waals surface area contributed by atoms with Crippen molar-refractivity contribution >= 4 is 29.5 Å². The number of carbonyl (C=O) groups is 2. The highest BCUT2D eigenvalue weighted by atomic mass is 16.5. The standard InChI is InChI=1S/C27H37N7O4.CH4/c1-16-23(29-14-22(26(35)36)33-27(37)38-15-18-5-6-18)30-17(2)31-25(16)34-12-9-19(10-13-34)21-8-7-20-4-3-11-28-24(20)32-21;/h7-8,18-19,22H,3-6,9-15H2,1-2H3,(H,28,32)(H,33,37)(H,35,36)(H,29,30,31);1H4/t22-;/m0./s1. The highest BCUT2D eigenvalue weighted by Crippen LogP contribution is 2.33. The number of hydrogen-bond donors (Lipinski definition) is 4. The van der Waals surface area contributed by atoms with E-state index in [4.69, 9.17) is 14.7 Å². The van der Waals surface area contributed by atoms with Crippen molar-refractivity contribution in [3.8, 4) is 0 Å². The van der Waals surface area contributed by atoms with Crippen LogP contribution in [-0.4, -0.2) is 70.9 Å². The fraction of sp³-hybridized carbons (Fsp3) is 0.607. The molecule has 0 bridgehead atoms. The summed E-state index contributed by atoms with van der Waals surface area (Å²) in [4.78, 5) is 40.2. The summed E-state index contributed by atoms with van der Waals surface area (Å²) in [6.07, 6.45) is 5.58. The van der Waals surface area contributed by atoms with E-state index in [9.17, 15) is 14.7 Å². The molecule has 2 aromatic rings. The smallest absolute Gasteiger partial charge is 0.407 e. The van der Waals surface area contributed by atoms with E-state index < -0.39 is 18.1 Å². The Balaban J connectivity index is 0.00000353. The summed E-state index contributed by atoms with van der Waals surface area (Å²) in [7, 11) is 0. The predicted octanol–water partition coefficient (Wildman–Crippen LogP) is 3.87. The van der Waals surface area contributed by atoms with Crippen molar-refractivity contribution < 1.29 is 19.4 Å². The average Bonchev–Trinajstić information content (AvgIpc) is 3.76. The maximum atomic E-state index is 12.0. The second kappa shape index (κ2) is 12.5. The van der Waals surface area contributed by atoms with E-state index >= 15 is 0 Å². The van der Waals surface area contributed by atoms with Gasteiger partial charge in [-0.2, -0.15) is 0 Å². The Hall–Kier alpha value is -3.63. The van der Waals surface area contributed by atoms with Gasteiger partial charge in [0.25, 0.3) is 0 Å². The summed E-state index contributed by atoms with van der Waals surface area (Å²) < 4.78 is 5.13. The van der Waals surface area contributed by atoms with Gasteiger partial charge >= 0.3 is 12.1 Å². The molecule has 2 aliphatic heterocycles. The zero-order valence-corrected chi connectivity index (χ0v) is 22.1. The van der Waals surface area contributed by atoms with Gasteiger partial charge in [-0.1, -0.05) is 13.5 Å². The van der Waals surface area contributed by atoms with Crippen LogP contribution in [0.3, 0.4) is 0 Å². The summed E-state index contributed by atoms with van der Waals surface area (Å²) in [5.41, 5.74) is 3.31. The van der Waals surface area contributed by atoms with Crippen molar-refractivity contribution in [2.24, 2.45) is 5.92 Å². The van der Waals surface area contributed by atoms with Crippen LogP contribution < -0.4 is 20.9 Å². The lowest BCUT2D eigenvalue weighted by Crippen LogP contribution is -2.45. The maximum absolute atomic E-state index is 12.0. The Kier molecular flexibility index (Phi) is 9.08. The number of amides is 1. The topological polar surface area (TPSA) is 142 Å². The molecular weight excluding hydrogens is 498 g/mol. The monoisotopic (exact) mass is 539 g/mol. The van der Waals surface area contributed by atoms with E-state index in [0.717, 1.165) is 81.1 Å². The van der Waals surface area contributed by atoms with Crippen LogP contribution in [0.2, 0.25) is 0 Å². The van der Waals surface area contributed by atoms with Gasteiger partial charge in [-0.15, -0.1) is 0 Å². The van der Waals surface area contributed by atoms with Crippen molar-refractivity contribution in [2.45, 2.75) is 71.8 Å². The van der Waals surface area contributed by atoms with Crippen molar-refractivity contribution in [2.75, 3.05) is 48.3 Å². The van der Waals surface area contributed by atoms with Gasteiger partial charge in [0, 0.05) is 43.4 Å². The van der Waals surface area contributed by atoms with E-state index in [1.165, 1.54) is 5.56 Å². The minimum Gasteiger partial charge on any atom is -0.480 e. The number of aromatic nitrogens is 3. The number of rotatable bonds is 9. The van der Waals surface area contributed by atoms with Crippen LogP contribution in [-0.2, 0) is 16.0 Å². The molecular formula is C28H41N7O4. The third-order valence-corrected chi connectivity index (χ3v) is 7.57. The molecule has 39 heavy (non-hydrogen) atoms.